The quantitative estimate of drug-likeness (QED) is 0.437. The first-order valence-corrected chi connectivity index (χ1v) is 14.0. The van der Waals surface area contributed by atoms with E-state index in [1.165, 1.54) is 4.31 Å². The molecular formula is C29H30N4O3S. The van der Waals surface area contributed by atoms with Gasteiger partial charge in [0.05, 0.1) is 10.6 Å². The maximum Gasteiger partial charge on any atom is 0.243 e. The van der Waals surface area contributed by atoms with Gasteiger partial charge in [-0.2, -0.15) is 4.31 Å². The molecule has 4 aromatic rings. The molecule has 0 saturated carbocycles. The summed E-state index contributed by atoms with van der Waals surface area (Å²) in [6, 6.07) is 22.8. The van der Waals surface area contributed by atoms with Gasteiger partial charge in [-0.25, -0.2) is 8.42 Å². The molecule has 1 unspecified atom stereocenters. The lowest BCUT2D eigenvalue weighted by Gasteiger charge is -2.34. The molecule has 2 aliphatic rings. The van der Waals surface area contributed by atoms with Crippen LogP contribution in [0, 0.1) is 0 Å². The topological polar surface area (TPSA) is 77.0 Å². The minimum atomic E-state index is -3.67. The number of fused-ring (bicyclic) bond motifs is 2. The highest BCUT2D eigenvalue weighted by Crippen LogP contribution is 2.32. The number of rotatable bonds is 5. The van der Waals surface area contributed by atoms with Gasteiger partial charge in [0.2, 0.25) is 10.0 Å². The fourth-order valence-electron chi connectivity index (χ4n) is 5.19. The Labute approximate surface area is 217 Å². The molecule has 0 aliphatic carbocycles. The number of aliphatic hydroxyl groups excluding tert-OH is 1. The number of pyridine rings is 1. The minimum absolute atomic E-state index is 0.258. The molecule has 3 heterocycles. The van der Waals surface area contributed by atoms with Gasteiger partial charge in [-0.1, -0.05) is 42.5 Å². The molecule has 0 amide bonds. The molecule has 0 bridgehead atoms. The van der Waals surface area contributed by atoms with E-state index in [2.05, 4.69) is 27.9 Å². The van der Waals surface area contributed by atoms with Crippen molar-refractivity contribution in [3.05, 3.63) is 101 Å². The number of benzene rings is 3. The Morgan fingerprint density at radius 1 is 0.838 bits per heavy atom. The minimum Gasteiger partial charge on any atom is -0.382 e. The van der Waals surface area contributed by atoms with Gasteiger partial charge < -0.3 is 14.9 Å². The third kappa shape index (κ3) is 4.62. The van der Waals surface area contributed by atoms with Crippen LogP contribution in [0.1, 0.15) is 28.5 Å². The molecule has 190 valence electrons. The maximum atomic E-state index is 13.4. The highest BCUT2D eigenvalue weighted by atomic mass is 32.2. The van der Waals surface area contributed by atoms with Crippen LogP contribution in [0.3, 0.4) is 0 Å². The van der Waals surface area contributed by atoms with Crippen molar-refractivity contribution in [3.63, 3.8) is 0 Å². The van der Waals surface area contributed by atoms with Crippen molar-refractivity contribution in [2.24, 2.45) is 0 Å². The zero-order valence-electron chi connectivity index (χ0n) is 20.8. The second kappa shape index (κ2) is 9.54. The first-order valence-electron chi connectivity index (χ1n) is 12.6. The zero-order valence-corrected chi connectivity index (χ0v) is 21.6. The van der Waals surface area contributed by atoms with Crippen molar-refractivity contribution in [2.45, 2.75) is 24.1 Å². The summed E-state index contributed by atoms with van der Waals surface area (Å²) >= 11 is 0. The van der Waals surface area contributed by atoms with E-state index in [-0.39, 0.29) is 18.0 Å². The second-order valence-electron chi connectivity index (χ2n) is 9.95. The molecule has 1 atom stereocenters. The smallest absolute Gasteiger partial charge is 0.243 e. The molecule has 1 fully saturated rings. The van der Waals surface area contributed by atoms with Gasteiger partial charge in [0.25, 0.3) is 0 Å². The van der Waals surface area contributed by atoms with Crippen LogP contribution in [0.4, 0.5) is 5.69 Å². The van der Waals surface area contributed by atoms with Gasteiger partial charge in [0, 0.05) is 51.2 Å². The maximum absolute atomic E-state index is 13.4. The van der Waals surface area contributed by atoms with E-state index in [9.17, 15) is 13.5 Å². The van der Waals surface area contributed by atoms with E-state index < -0.39 is 16.1 Å². The fourth-order valence-corrected chi connectivity index (χ4v) is 6.62. The van der Waals surface area contributed by atoms with Crippen LogP contribution in [0.5, 0.6) is 0 Å². The van der Waals surface area contributed by atoms with Crippen LogP contribution >= 0.6 is 0 Å². The van der Waals surface area contributed by atoms with Crippen LogP contribution < -0.4 is 4.90 Å². The van der Waals surface area contributed by atoms with Crippen molar-refractivity contribution in [2.75, 3.05) is 38.1 Å². The molecule has 1 saturated heterocycles. The Morgan fingerprint density at radius 3 is 2.41 bits per heavy atom. The van der Waals surface area contributed by atoms with Crippen molar-refractivity contribution < 1.29 is 13.5 Å². The summed E-state index contributed by atoms with van der Waals surface area (Å²) in [4.78, 5) is 9.45. The third-order valence-corrected chi connectivity index (χ3v) is 9.28. The number of nitrogens with zero attached hydrogens (tertiary/aromatic N) is 4. The number of anilines is 1. The Bertz CT molecular complexity index is 1560. The van der Waals surface area contributed by atoms with Crippen LogP contribution in [0.2, 0.25) is 0 Å². The van der Waals surface area contributed by atoms with Crippen LogP contribution in [0.15, 0.2) is 83.9 Å². The van der Waals surface area contributed by atoms with Gasteiger partial charge in [-0.3, -0.25) is 4.98 Å². The normalized spacial score (nSPS) is 17.7. The molecule has 3 aromatic carbocycles. The van der Waals surface area contributed by atoms with Crippen molar-refractivity contribution >= 4 is 26.5 Å². The van der Waals surface area contributed by atoms with Crippen molar-refractivity contribution in [1.82, 2.24) is 14.2 Å². The van der Waals surface area contributed by atoms with E-state index in [1.807, 2.05) is 54.6 Å². The van der Waals surface area contributed by atoms with E-state index in [0.717, 1.165) is 59.3 Å². The monoisotopic (exact) mass is 514 g/mol. The fraction of sp³-hybridized carbons (Fsp3) is 0.276. The van der Waals surface area contributed by atoms with Gasteiger partial charge >= 0.3 is 0 Å². The summed E-state index contributed by atoms with van der Waals surface area (Å²) in [6.07, 6.45) is 0.817. The molecule has 1 aromatic heterocycles. The van der Waals surface area contributed by atoms with Crippen LogP contribution in [-0.2, 0) is 23.1 Å². The van der Waals surface area contributed by atoms with Gasteiger partial charge in [-0.05, 0) is 64.8 Å². The SMILES string of the molecule is CN1CCN(c2cccc(C(O)c3cc4c(cn3)CN(S(=O)(=O)c3ccc5ccccc5c3)C4)c2)CC1. The van der Waals surface area contributed by atoms with Crippen molar-refractivity contribution in [1.29, 1.82) is 0 Å². The number of piperazine rings is 1. The van der Waals surface area contributed by atoms with Gasteiger partial charge in [-0.15, -0.1) is 0 Å². The molecule has 7 nitrogen and oxygen atoms in total. The summed E-state index contributed by atoms with van der Waals surface area (Å²) in [5, 5.41) is 13.1. The molecule has 2 aliphatic heterocycles. The molecule has 37 heavy (non-hydrogen) atoms. The van der Waals surface area contributed by atoms with Gasteiger partial charge in [0.1, 0.15) is 6.10 Å². The number of likely N-dealkylation sites (N-methyl/N-ethyl adjacent to an activating group) is 1. The molecule has 0 radical (unpaired) electrons. The summed E-state index contributed by atoms with van der Waals surface area (Å²) in [5.74, 6) is 0. The van der Waals surface area contributed by atoms with Crippen molar-refractivity contribution in [3.8, 4) is 0 Å². The Morgan fingerprint density at radius 2 is 1.59 bits per heavy atom. The lowest BCUT2D eigenvalue weighted by Crippen LogP contribution is -2.44. The first kappa shape index (κ1) is 24.1. The highest BCUT2D eigenvalue weighted by Gasteiger charge is 2.32. The molecule has 1 N–H and O–H groups in total. The van der Waals surface area contributed by atoms with E-state index >= 15 is 0 Å². The van der Waals surface area contributed by atoms with Crippen LogP contribution in [0.25, 0.3) is 10.8 Å². The standard InChI is InChI=1S/C29H30N4O3S/c1-31-11-13-32(14-12-31)26-8-4-7-23(15-26)29(34)28-17-24-19-33(20-25(24)18-30-28)37(35,36)27-10-9-21-5-2-3-6-22(21)16-27/h2-10,15-18,29,34H,11-14,19-20H2,1H3. The molecule has 6 rings (SSSR count). The summed E-state index contributed by atoms with van der Waals surface area (Å²) in [5.41, 5.74) is 4.15. The average Bonchev–Trinajstić information content (AvgIpc) is 3.37. The van der Waals surface area contributed by atoms with Gasteiger partial charge in [0.15, 0.2) is 0 Å². The third-order valence-electron chi connectivity index (χ3n) is 7.49. The molecule has 8 heteroatoms. The Kier molecular flexibility index (Phi) is 6.20. The number of aromatic nitrogens is 1. The number of sulfonamides is 1. The molecule has 0 spiro atoms. The Hall–Kier alpha value is -3.30. The lowest BCUT2D eigenvalue weighted by atomic mass is 10.0. The highest BCUT2D eigenvalue weighted by molar-refractivity contribution is 7.89. The van der Waals surface area contributed by atoms with E-state index in [0.29, 0.717) is 5.69 Å². The average molecular weight is 515 g/mol. The van der Waals surface area contributed by atoms with E-state index in [4.69, 9.17) is 0 Å². The first-order chi connectivity index (χ1) is 17.9. The predicted molar refractivity (Wildman–Crippen MR) is 145 cm³/mol. The van der Waals surface area contributed by atoms with Crippen LogP contribution in [-0.4, -0.2) is 60.9 Å². The van der Waals surface area contributed by atoms with E-state index in [1.54, 1.807) is 18.3 Å². The number of aliphatic hydroxyl groups is 1. The predicted octanol–water partition coefficient (Wildman–Crippen LogP) is 3.77. The summed E-state index contributed by atoms with van der Waals surface area (Å²) < 4.78 is 28.4. The lowest BCUT2D eigenvalue weighted by molar-refractivity contribution is 0.215. The summed E-state index contributed by atoms with van der Waals surface area (Å²) in [7, 11) is -1.54. The number of hydrogen-bond donors (Lipinski definition) is 1. The number of hydrogen-bond acceptors (Lipinski definition) is 6. The largest absolute Gasteiger partial charge is 0.382 e. The second-order valence-corrected chi connectivity index (χ2v) is 11.9. The Balaban J connectivity index is 1.22. The molecular weight excluding hydrogens is 484 g/mol. The zero-order chi connectivity index (χ0) is 25.6. The summed E-state index contributed by atoms with van der Waals surface area (Å²) in [6.45, 7) is 4.46.